The van der Waals surface area contributed by atoms with Crippen molar-refractivity contribution in [2.45, 2.75) is 11.8 Å². The molecule has 0 atom stereocenters. The van der Waals surface area contributed by atoms with E-state index in [2.05, 4.69) is 4.40 Å². The lowest BCUT2D eigenvalue weighted by molar-refractivity contribution is 0.598. The fraction of sp³-hybridized carbons (Fsp3) is 0.0556. The topological polar surface area (TPSA) is 46.5 Å². The van der Waals surface area contributed by atoms with E-state index in [1.807, 2.05) is 49.4 Å². The van der Waals surface area contributed by atoms with Crippen LogP contribution in [-0.2, 0) is 10.0 Å². The molecule has 0 heterocycles. The van der Waals surface area contributed by atoms with Gasteiger partial charge in [-0.15, -0.1) is 0 Å². The summed E-state index contributed by atoms with van der Waals surface area (Å²) in [5.41, 5.74) is 1.80. The van der Waals surface area contributed by atoms with Gasteiger partial charge >= 0.3 is 0 Å². The van der Waals surface area contributed by atoms with Crippen molar-refractivity contribution in [2.75, 3.05) is 0 Å². The molecule has 0 aliphatic rings. The van der Waals surface area contributed by atoms with Crippen LogP contribution in [0.5, 0.6) is 0 Å². The van der Waals surface area contributed by atoms with Gasteiger partial charge in [0, 0.05) is 11.8 Å². The molecule has 110 valence electrons. The van der Waals surface area contributed by atoms with Gasteiger partial charge < -0.3 is 0 Å². The van der Waals surface area contributed by atoms with Crippen molar-refractivity contribution in [3.05, 3.63) is 77.9 Å². The van der Waals surface area contributed by atoms with Gasteiger partial charge in [-0.05, 0) is 29.8 Å². The average Bonchev–Trinajstić information content (AvgIpc) is 2.53. The minimum atomic E-state index is -3.67. The number of fused-ring (bicyclic) bond motifs is 1. The second kappa shape index (κ2) is 5.73. The van der Waals surface area contributed by atoms with Crippen LogP contribution >= 0.6 is 0 Å². The largest absolute Gasteiger partial charge is 0.282 e. The number of hydrogen-bond acceptors (Lipinski definition) is 2. The molecule has 0 aliphatic carbocycles. The minimum Gasteiger partial charge on any atom is -0.199 e. The van der Waals surface area contributed by atoms with Crippen LogP contribution in [0.15, 0.2) is 76.0 Å². The maximum atomic E-state index is 12.3. The van der Waals surface area contributed by atoms with E-state index in [9.17, 15) is 8.42 Å². The van der Waals surface area contributed by atoms with Crippen molar-refractivity contribution in [1.29, 1.82) is 0 Å². The summed E-state index contributed by atoms with van der Waals surface area (Å²) >= 11 is 0. The molecule has 3 rings (SSSR count). The first-order valence-electron chi connectivity index (χ1n) is 6.91. The van der Waals surface area contributed by atoms with Crippen LogP contribution in [0.4, 0.5) is 0 Å². The molecule has 22 heavy (non-hydrogen) atoms. The van der Waals surface area contributed by atoms with E-state index in [0.29, 0.717) is 0 Å². The third kappa shape index (κ3) is 2.92. The molecule has 3 aromatic carbocycles. The SMILES string of the molecule is Cc1ccc(S(=O)(=O)/N=C\c2cccc3ccccc23)cc1. The van der Waals surface area contributed by atoms with E-state index in [1.54, 1.807) is 24.3 Å². The normalized spacial score (nSPS) is 12.0. The van der Waals surface area contributed by atoms with Crippen molar-refractivity contribution in [1.82, 2.24) is 0 Å². The highest BCUT2D eigenvalue weighted by molar-refractivity contribution is 7.90. The molecular weight excluding hydrogens is 294 g/mol. The second-order valence-electron chi connectivity index (χ2n) is 5.09. The Balaban J connectivity index is 2.00. The molecule has 0 fully saturated rings. The third-order valence-electron chi connectivity index (χ3n) is 3.47. The quantitative estimate of drug-likeness (QED) is 0.688. The van der Waals surface area contributed by atoms with Crippen molar-refractivity contribution in [2.24, 2.45) is 4.40 Å². The summed E-state index contributed by atoms with van der Waals surface area (Å²) in [4.78, 5) is 0.203. The summed E-state index contributed by atoms with van der Waals surface area (Å²) in [6, 6.07) is 20.2. The molecule has 0 saturated carbocycles. The highest BCUT2D eigenvalue weighted by Crippen LogP contribution is 2.18. The number of benzene rings is 3. The Morgan fingerprint density at radius 2 is 1.55 bits per heavy atom. The van der Waals surface area contributed by atoms with Crippen LogP contribution in [0.25, 0.3) is 10.8 Å². The molecule has 0 amide bonds. The Morgan fingerprint density at radius 3 is 2.32 bits per heavy atom. The summed E-state index contributed by atoms with van der Waals surface area (Å²) in [5.74, 6) is 0. The van der Waals surface area contributed by atoms with Crippen LogP contribution in [0.2, 0.25) is 0 Å². The molecule has 3 aromatic rings. The molecule has 0 aliphatic heterocycles. The predicted octanol–water partition coefficient (Wildman–Crippen LogP) is 3.96. The van der Waals surface area contributed by atoms with Gasteiger partial charge in [0.15, 0.2) is 0 Å². The van der Waals surface area contributed by atoms with Crippen LogP contribution in [0, 0.1) is 6.92 Å². The van der Waals surface area contributed by atoms with Gasteiger partial charge in [-0.2, -0.15) is 12.8 Å². The monoisotopic (exact) mass is 309 g/mol. The standard InChI is InChI=1S/C18H15NO2S/c1-14-9-11-17(12-10-14)22(20,21)19-13-16-7-4-6-15-5-2-3-8-18(15)16/h2-13H,1H3/b19-13-. The van der Waals surface area contributed by atoms with Crippen LogP contribution in [-0.4, -0.2) is 14.6 Å². The van der Waals surface area contributed by atoms with Gasteiger partial charge in [-0.3, -0.25) is 0 Å². The van der Waals surface area contributed by atoms with Crippen molar-refractivity contribution in [3.63, 3.8) is 0 Å². The van der Waals surface area contributed by atoms with Crippen LogP contribution in [0.3, 0.4) is 0 Å². The maximum Gasteiger partial charge on any atom is 0.282 e. The van der Waals surface area contributed by atoms with Gasteiger partial charge in [0.25, 0.3) is 10.0 Å². The molecule has 4 heteroatoms. The highest BCUT2D eigenvalue weighted by atomic mass is 32.2. The number of aryl methyl sites for hydroxylation is 1. The zero-order valence-corrected chi connectivity index (χ0v) is 12.9. The predicted molar refractivity (Wildman–Crippen MR) is 89.9 cm³/mol. The van der Waals surface area contributed by atoms with Gasteiger partial charge in [-0.1, -0.05) is 60.2 Å². The summed E-state index contributed by atoms with van der Waals surface area (Å²) in [6.07, 6.45) is 1.41. The van der Waals surface area contributed by atoms with Gasteiger partial charge in [-0.25, -0.2) is 0 Å². The lowest BCUT2D eigenvalue weighted by atomic mass is 10.1. The molecule has 0 bridgehead atoms. The fourth-order valence-corrected chi connectivity index (χ4v) is 3.11. The number of nitrogens with zero attached hydrogens (tertiary/aromatic N) is 1. The van der Waals surface area contributed by atoms with Gasteiger partial charge in [0.05, 0.1) is 4.90 Å². The second-order valence-corrected chi connectivity index (χ2v) is 6.72. The first-order chi connectivity index (χ1) is 10.6. The third-order valence-corrected chi connectivity index (χ3v) is 4.72. The first kappa shape index (κ1) is 14.5. The highest BCUT2D eigenvalue weighted by Gasteiger charge is 2.11. The van der Waals surface area contributed by atoms with E-state index < -0.39 is 10.0 Å². The van der Waals surface area contributed by atoms with Crippen molar-refractivity contribution in [3.8, 4) is 0 Å². The van der Waals surface area contributed by atoms with Gasteiger partial charge in [0.1, 0.15) is 0 Å². The Labute approximate surface area is 130 Å². The fourth-order valence-electron chi connectivity index (χ4n) is 2.26. The number of rotatable bonds is 3. The molecule has 0 radical (unpaired) electrons. The summed E-state index contributed by atoms with van der Waals surface area (Å²) in [7, 11) is -3.67. The lowest BCUT2D eigenvalue weighted by Crippen LogP contribution is -1.98. The van der Waals surface area contributed by atoms with Gasteiger partial charge in [0.2, 0.25) is 0 Å². The molecule has 3 nitrogen and oxygen atoms in total. The molecule has 0 saturated heterocycles. The minimum absolute atomic E-state index is 0.203. The smallest absolute Gasteiger partial charge is 0.199 e. The summed E-state index contributed by atoms with van der Waals surface area (Å²) < 4.78 is 28.3. The van der Waals surface area contributed by atoms with E-state index >= 15 is 0 Å². The Hall–Kier alpha value is -2.46. The first-order valence-corrected chi connectivity index (χ1v) is 8.35. The molecule has 0 spiro atoms. The summed E-state index contributed by atoms with van der Waals surface area (Å²) in [6.45, 7) is 1.91. The van der Waals surface area contributed by atoms with Crippen LogP contribution in [0.1, 0.15) is 11.1 Å². The zero-order valence-electron chi connectivity index (χ0n) is 12.1. The Morgan fingerprint density at radius 1 is 0.864 bits per heavy atom. The number of hydrogen-bond donors (Lipinski definition) is 0. The van der Waals surface area contributed by atoms with Crippen molar-refractivity contribution >= 4 is 27.0 Å². The Kier molecular flexibility index (Phi) is 3.77. The molecule has 0 unspecified atom stereocenters. The molecular formula is C18H15NO2S. The van der Waals surface area contributed by atoms with Crippen molar-refractivity contribution < 1.29 is 8.42 Å². The van der Waals surface area contributed by atoms with E-state index in [4.69, 9.17) is 0 Å². The maximum absolute atomic E-state index is 12.3. The molecule has 0 N–H and O–H groups in total. The van der Waals surface area contributed by atoms with Crippen LogP contribution < -0.4 is 0 Å². The Bertz CT molecular complexity index is 937. The summed E-state index contributed by atoms with van der Waals surface area (Å²) in [5, 5.41) is 2.03. The van der Waals surface area contributed by atoms with E-state index in [-0.39, 0.29) is 4.90 Å². The zero-order chi connectivity index (χ0) is 15.6. The lowest BCUT2D eigenvalue weighted by Gasteiger charge is -2.02. The van der Waals surface area contributed by atoms with E-state index in [1.165, 1.54) is 6.21 Å². The van der Waals surface area contributed by atoms with E-state index in [0.717, 1.165) is 21.9 Å². The number of sulfonamides is 1. The average molecular weight is 309 g/mol. The molecule has 0 aromatic heterocycles.